The van der Waals surface area contributed by atoms with Crippen LogP contribution in [0.3, 0.4) is 0 Å². The van der Waals surface area contributed by atoms with E-state index in [1.165, 1.54) is 12.4 Å². The van der Waals surface area contributed by atoms with E-state index in [0.717, 1.165) is 17.4 Å². The van der Waals surface area contributed by atoms with Gasteiger partial charge in [0, 0.05) is 11.8 Å². The number of benzene rings is 2. The van der Waals surface area contributed by atoms with Gasteiger partial charge in [0.15, 0.2) is 9.84 Å². The normalized spacial score (nSPS) is 13.6. The van der Waals surface area contributed by atoms with Crippen molar-refractivity contribution in [3.8, 4) is 11.1 Å². The van der Waals surface area contributed by atoms with E-state index in [9.17, 15) is 18.0 Å². The van der Waals surface area contributed by atoms with Gasteiger partial charge in [0.1, 0.15) is 4.75 Å². The largest absolute Gasteiger partial charge is 0.366 e. The van der Waals surface area contributed by atoms with Crippen molar-refractivity contribution in [1.82, 2.24) is 5.48 Å². The van der Waals surface area contributed by atoms with Crippen molar-refractivity contribution in [3.63, 3.8) is 0 Å². The first-order chi connectivity index (χ1) is 12.6. The molecule has 0 radical (unpaired) electrons. The van der Waals surface area contributed by atoms with Gasteiger partial charge in [-0.1, -0.05) is 42.5 Å². The highest BCUT2D eigenvalue weighted by Crippen LogP contribution is 2.26. The summed E-state index contributed by atoms with van der Waals surface area (Å²) >= 11 is 0. The van der Waals surface area contributed by atoms with Crippen LogP contribution in [-0.2, 0) is 21.1 Å². The molecule has 0 aliphatic heterocycles. The van der Waals surface area contributed by atoms with Crippen LogP contribution >= 0.6 is 0 Å². The van der Waals surface area contributed by atoms with Crippen LogP contribution in [0.5, 0.6) is 0 Å². The molecule has 2 aromatic carbocycles. The molecule has 0 aliphatic rings. The van der Waals surface area contributed by atoms with Gasteiger partial charge in [0.25, 0.3) is 5.91 Å². The Morgan fingerprint density at radius 3 is 2.22 bits per heavy atom. The van der Waals surface area contributed by atoms with Crippen molar-refractivity contribution >= 4 is 21.7 Å². The summed E-state index contributed by atoms with van der Waals surface area (Å²) in [5, 5.41) is 8.86. The number of primary amides is 1. The highest BCUT2D eigenvalue weighted by Gasteiger charge is 2.43. The summed E-state index contributed by atoms with van der Waals surface area (Å²) in [6.45, 7) is 1.28. The van der Waals surface area contributed by atoms with E-state index in [1.807, 2.05) is 0 Å². The monoisotopic (exact) mass is 390 g/mol. The lowest BCUT2D eigenvalue weighted by atomic mass is 9.95. The van der Waals surface area contributed by atoms with Crippen molar-refractivity contribution in [1.29, 1.82) is 0 Å². The Kier molecular flexibility index (Phi) is 6.02. The molecule has 1 atom stereocenters. The maximum absolute atomic E-state index is 12.0. The van der Waals surface area contributed by atoms with Crippen LogP contribution in [0.25, 0.3) is 11.1 Å². The molecule has 4 N–H and O–H groups in total. The van der Waals surface area contributed by atoms with Crippen molar-refractivity contribution in [2.45, 2.75) is 24.5 Å². The summed E-state index contributed by atoms with van der Waals surface area (Å²) in [6, 6.07) is 14.2. The number of nitrogens with two attached hydrogens (primary N) is 1. The molecule has 7 nitrogen and oxygen atoms in total. The first-order valence-electron chi connectivity index (χ1n) is 8.22. The third kappa shape index (κ3) is 4.35. The number of rotatable bonds is 7. The molecule has 0 spiro atoms. The van der Waals surface area contributed by atoms with E-state index < -0.39 is 26.4 Å². The Labute approximate surface area is 158 Å². The summed E-state index contributed by atoms with van der Waals surface area (Å²) in [5.74, 6) is -1.48. The van der Waals surface area contributed by atoms with Crippen molar-refractivity contribution < 1.29 is 23.2 Å². The van der Waals surface area contributed by atoms with E-state index >= 15 is 0 Å². The van der Waals surface area contributed by atoms with E-state index in [4.69, 9.17) is 10.9 Å². The summed E-state index contributed by atoms with van der Waals surface area (Å²) in [7, 11) is -3.74. The fourth-order valence-electron chi connectivity index (χ4n) is 2.77. The Hall–Kier alpha value is -2.71. The molecule has 0 saturated carbocycles. The minimum Gasteiger partial charge on any atom is -0.366 e. The number of hydrogen-bond donors (Lipinski definition) is 3. The van der Waals surface area contributed by atoms with Crippen LogP contribution < -0.4 is 11.2 Å². The molecular weight excluding hydrogens is 368 g/mol. The van der Waals surface area contributed by atoms with E-state index in [-0.39, 0.29) is 6.42 Å². The number of carbonyl (C=O) groups is 2. The summed E-state index contributed by atoms with van der Waals surface area (Å²) < 4.78 is 22.3. The molecule has 144 valence electrons. The lowest BCUT2D eigenvalue weighted by Gasteiger charge is -2.25. The van der Waals surface area contributed by atoms with Crippen LogP contribution in [0.4, 0.5) is 0 Å². The summed E-state index contributed by atoms with van der Waals surface area (Å²) in [5.41, 5.74) is 9.57. The SMILES string of the molecule is C[C@@](CCc1ccc(-c2ccccc2C(N)=O)cc1)(C(=O)NO)S(C)(=O)=O. The molecule has 8 heteroatoms. The molecule has 0 fully saturated rings. The maximum Gasteiger partial charge on any atom is 0.264 e. The van der Waals surface area contributed by atoms with Crippen molar-refractivity contribution in [2.75, 3.05) is 6.26 Å². The highest BCUT2D eigenvalue weighted by molar-refractivity contribution is 7.92. The van der Waals surface area contributed by atoms with Crippen LogP contribution in [-0.4, -0.2) is 36.4 Å². The fraction of sp³-hybridized carbons (Fsp3) is 0.263. The first-order valence-corrected chi connectivity index (χ1v) is 10.1. The van der Waals surface area contributed by atoms with Gasteiger partial charge >= 0.3 is 0 Å². The number of aryl methyl sites for hydroxylation is 1. The zero-order chi connectivity index (χ0) is 20.2. The average molecular weight is 390 g/mol. The summed E-state index contributed by atoms with van der Waals surface area (Å²) in [4.78, 5) is 23.4. The average Bonchev–Trinajstić information content (AvgIpc) is 2.64. The zero-order valence-corrected chi connectivity index (χ0v) is 15.9. The number of sulfone groups is 1. The van der Waals surface area contributed by atoms with Gasteiger partial charge in [-0.05, 0) is 42.5 Å². The van der Waals surface area contributed by atoms with Gasteiger partial charge in [-0.25, -0.2) is 13.9 Å². The highest BCUT2D eigenvalue weighted by atomic mass is 32.2. The van der Waals surface area contributed by atoms with Gasteiger partial charge in [-0.2, -0.15) is 0 Å². The molecule has 0 saturated heterocycles. The molecule has 2 aromatic rings. The number of carbonyl (C=O) groups excluding carboxylic acids is 2. The third-order valence-corrected chi connectivity index (χ3v) is 6.77. The molecule has 2 rings (SSSR count). The van der Waals surface area contributed by atoms with E-state index in [2.05, 4.69) is 0 Å². The Morgan fingerprint density at radius 2 is 1.70 bits per heavy atom. The molecule has 0 aromatic heterocycles. The Morgan fingerprint density at radius 1 is 1.11 bits per heavy atom. The lowest BCUT2D eigenvalue weighted by molar-refractivity contribution is -0.131. The quantitative estimate of drug-likeness (QED) is 0.490. The molecule has 0 unspecified atom stereocenters. The van der Waals surface area contributed by atoms with E-state index in [0.29, 0.717) is 17.5 Å². The van der Waals surface area contributed by atoms with Crippen molar-refractivity contribution in [3.05, 3.63) is 59.7 Å². The van der Waals surface area contributed by atoms with Crippen LogP contribution in [0.15, 0.2) is 48.5 Å². The Balaban J connectivity index is 2.24. The molecule has 0 aliphatic carbocycles. The lowest BCUT2D eigenvalue weighted by Crippen LogP contribution is -2.49. The molecular formula is C19H22N2O5S. The third-order valence-electron chi connectivity index (χ3n) is 4.75. The second kappa shape index (κ2) is 7.89. The first kappa shape index (κ1) is 20.6. The summed E-state index contributed by atoms with van der Waals surface area (Å²) in [6.07, 6.45) is 1.29. The molecule has 2 amide bonds. The van der Waals surface area contributed by atoms with Crippen LogP contribution in [0, 0.1) is 0 Å². The van der Waals surface area contributed by atoms with Crippen molar-refractivity contribution in [2.24, 2.45) is 5.73 Å². The van der Waals surface area contributed by atoms with Crippen LogP contribution in [0.2, 0.25) is 0 Å². The van der Waals surface area contributed by atoms with E-state index in [1.54, 1.807) is 48.5 Å². The van der Waals surface area contributed by atoms with Crippen LogP contribution in [0.1, 0.15) is 29.3 Å². The minimum atomic E-state index is -3.74. The smallest absolute Gasteiger partial charge is 0.264 e. The Bertz CT molecular complexity index is 954. The van der Waals surface area contributed by atoms with Gasteiger partial charge in [0.2, 0.25) is 5.91 Å². The van der Waals surface area contributed by atoms with Gasteiger partial charge in [0.05, 0.1) is 0 Å². The van der Waals surface area contributed by atoms with Gasteiger partial charge in [-0.3, -0.25) is 14.8 Å². The molecule has 0 bridgehead atoms. The second-order valence-corrected chi connectivity index (χ2v) is 9.00. The number of nitrogens with one attached hydrogen (secondary N) is 1. The van der Waals surface area contributed by atoms with Gasteiger partial charge in [-0.15, -0.1) is 0 Å². The predicted octanol–water partition coefficient (Wildman–Crippen LogP) is 1.69. The van der Waals surface area contributed by atoms with Gasteiger partial charge < -0.3 is 5.73 Å². The molecule has 27 heavy (non-hydrogen) atoms. The molecule has 0 heterocycles. The standard InChI is InChI=1S/C19H22N2O5S/c1-19(18(23)21-24,27(2,25)26)12-11-13-7-9-14(10-8-13)15-5-3-4-6-16(15)17(20)22/h3-10,24H,11-12H2,1-2H3,(H2,20,22)(H,21,23)/t19-/m1/s1. The zero-order valence-electron chi connectivity index (χ0n) is 15.1. The second-order valence-electron chi connectivity index (χ2n) is 6.55. The number of hydrogen-bond acceptors (Lipinski definition) is 5. The fourth-order valence-corrected chi connectivity index (χ4v) is 3.62. The maximum atomic E-state index is 12.0. The minimum absolute atomic E-state index is 0.00937. The topological polar surface area (TPSA) is 127 Å². The number of hydroxylamine groups is 1. The predicted molar refractivity (Wildman–Crippen MR) is 102 cm³/mol. The number of amides is 2.